The number of amides is 1. The molecule has 3 aromatic rings. The van der Waals surface area contributed by atoms with Gasteiger partial charge in [-0.15, -0.1) is 5.10 Å². The molecule has 11 heteroatoms. The maximum Gasteiger partial charge on any atom is 0.422 e. The van der Waals surface area contributed by atoms with Crippen LogP contribution in [0, 0.1) is 6.92 Å². The van der Waals surface area contributed by atoms with Crippen LogP contribution in [-0.4, -0.2) is 51.5 Å². The third kappa shape index (κ3) is 5.35. The van der Waals surface area contributed by atoms with E-state index in [2.05, 4.69) is 20.7 Å². The van der Waals surface area contributed by atoms with Crippen LogP contribution in [0.5, 0.6) is 5.75 Å². The number of aromatic nitrogens is 3. The molecule has 0 fully saturated rings. The number of anilines is 2. The van der Waals surface area contributed by atoms with E-state index in [1.807, 2.05) is 13.0 Å². The molecule has 2 aromatic heterocycles. The second kappa shape index (κ2) is 8.35. The molecule has 1 aromatic carbocycles. The van der Waals surface area contributed by atoms with Crippen LogP contribution in [0.3, 0.4) is 0 Å². The van der Waals surface area contributed by atoms with Crippen molar-refractivity contribution in [2.45, 2.75) is 13.1 Å². The first-order valence-electron chi connectivity index (χ1n) is 8.58. The maximum absolute atomic E-state index is 12.6. The summed E-state index contributed by atoms with van der Waals surface area (Å²) in [5.41, 5.74) is 1.76. The van der Waals surface area contributed by atoms with E-state index in [1.54, 1.807) is 12.3 Å². The minimum absolute atomic E-state index is 0.0160. The zero-order valence-corrected chi connectivity index (χ0v) is 15.3. The molecule has 2 heterocycles. The number of aliphatic hydroxyl groups excluding tert-OH is 1. The van der Waals surface area contributed by atoms with Crippen molar-refractivity contribution < 1.29 is 27.8 Å². The lowest BCUT2D eigenvalue weighted by Crippen LogP contribution is -2.26. The lowest BCUT2D eigenvalue weighted by atomic mass is 10.1. The molecule has 0 saturated heterocycles. The Morgan fingerprint density at radius 2 is 2.07 bits per heavy atom. The Morgan fingerprint density at radius 1 is 1.28 bits per heavy atom. The molecule has 0 atom stereocenters. The first kappa shape index (κ1) is 20.4. The molecule has 0 aliphatic rings. The second-order valence-electron chi connectivity index (χ2n) is 6.16. The Bertz CT molecular complexity index is 1020. The van der Waals surface area contributed by atoms with Crippen molar-refractivity contribution in [3.05, 3.63) is 47.7 Å². The summed E-state index contributed by atoms with van der Waals surface area (Å²) >= 11 is 0. The topological polar surface area (TPSA) is 101 Å². The first-order valence-corrected chi connectivity index (χ1v) is 8.58. The van der Waals surface area contributed by atoms with E-state index in [1.165, 1.54) is 22.7 Å². The number of halogens is 3. The number of benzene rings is 1. The van der Waals surface area contributed by atoms with E-state index in [9.17, 15) is 18.0 Å². The second-order valence-corrected chi connectivity index (χ2v) is 6.16. The normalized spacial score (nSPS) is 11.5. The maximum atomic E-state index is 12.6. The summed E-state index contributed by atoms with van der Waals surface area (Å²) in [6.45, 7) is 0.114. The van der Waals surface area contributed by atoms with Crippen LogP contribution < -0.4 is 15.4 Å². The van der Waals surface area contributed by atoms with Crippen LogP contribution in [0.2, 0.25) is 0 Å². The van der Waals surface area contributed by atoms with E-state index < -0.39 is 18.7 Å². The summed E-state index contributed by atoms with van der Waals surface area (Å²) in [5.74, 6) is -0.581. The van der Waals surface area contributed by atoms with Gasteiger partial charge in [0.2, 0.25) is 5.95 Å². The highest BCUT2D eigenvalue weighted by Crippen LogP contribution is 2.30. The van der Waals surface area contributed by atoms with E-state index in [-0.39, 0.29) is 36.1 Å². The SMILES string of the molecule is Cc1ccc2nc(Nc3ccc(C(=O)NCCO)cc3OCC(F)(F)F)nn2c1. The molecular weight excluding hydrogens is 391 g/mol. The highest BCUT2D eigenvalue weighted by atomic mass is 19.4. The molecular formula is C18H18F3N5O3. The number of alkyl halides is 3. The summed E-state index contributed by atoms with van der Waals surface area (Å²) in [7, 11) is 0. The van der Waals surface area contributed by atoms with Crippen molar-refractivity contribution >= 4 is 23.2 Å². The summed E-state index contributed by atoms with van der Waals surface area (Å²) in [5, 5.41) is 18.3. The van der Waals surface area contributed by atoms with Crippen LogP contribution >= 0.6 is 0 Å². The fourth-order valence-corrected chi connectivity index (χ4v) is 2.48. The molecule has 0 aliphatic heterocycles. The lowest BCUT2D eigenvalue weighted by Gasteiger charge is -2.14. The highest BCUT2D eigenvalue weighted by Gasteiger charge is 2.29. The number of hydrogen-bond donors (Lipinski definition) is 3. The molecule has 29 heavy (non-hydrogen) atoms. The smallest absolute Gasteiger partial charge is 0.422 e. The fourth-order valence-electron chi connectivity index (χ4n) is 2.48. The fraction of sp³-hybridized carbons (Fsp3) is 0.278. The standard InChI is InChI=1S/C18H18F3N5O3/c1-11-2-5-15-24-17(25-26(15)9-11)23-13-4-3-12(16(28)22-6-7-27)8-14(13)29-10-18(19,20)21/h2-5,8-9,27H,6-7,10H2,1H3,(H,22,28)(H,23,25). The number of ether oxygens (including phenoxy) is 1. The lowest BCUT2D eigenvalue weighted by molar-refractivity contribution is -0.153. The Balaban J connectivity index is 1.89. The minimum Gasteiger partial charge on any atom is -0.482 e. The third-order valence-electron chi connectivity index (χ3n) is 3.76. The van der Waals surface area contributed by atoms with Gasteiger partial charge in [0.25, 0.3) is 5.91 Å². The molecule has 154 valence electrons. The number of hydrogen-bond acceptors (Lipinski definition) is 6. The average molecular weight is 409 g/mol. The largest absolute Gasteiger partial charge is 0.482 e. The summed E-state index contributed by atoms with van der Waals surface area (Å²) in [6.07, 6.45) is -2.80. The number of carbonyl (C=O) groups is 1. The van der Waals surface area contributed by atoms with Gasteiger partial charge in [0.1, 0.15) is 5.75 Å². The van der Waals surface area contributed by atoms with Crippen molar-refractivity contribution in [1.29, 1.82) is 0 Å². The first-order chi connectivity index (χ1) is 13.7. The van der Waals surface area contributed by atoms with Gasteiger partial charge in [-0.3, -0.25) is 4.79 Å². The minimum atomic E-state index is -4.55. The van der Waals surface area contributed by atoms with Crippen molar-refractivity contribution in [3.63, 3.8) is 0 Å². The number of nitrogens with one attached hydrogen (secondary N) is 2. The number of pyridine rings is 1. The Labute approximate surface area is 163 Å². The van der Waals surface area contributed by atoms with Gasteiger partial charge in [-0.2, -0.15) is 18.2 Å². The molecule has 0 aliphatic carbocycles. The van der Waals surface area contributed by atoms with Crippen molar-refractivity contribution in [2.75, 3.05) is 25.1 Å². The third-order valence-corrected chi connectivity index (χ3v) is 3.76. The van der Waals surface area contributed by atoms with E-state index in [4.69, 9.17) is 9.84 Å². The van der Waals surface area contributed by atoms with Crippen LogP contribution in [0.15, 0.2) is 36.5 Å². The number of aryl methyl sites for hydroxylation is 1. The molecule has 3 rings (SSSR count). The molecule has 0 unspecified atom stereocenters. The predicted octanol–water partition coefficient (Wildman–Crippen LogP) is 2.44. The monoisotopic (exact) mass is 409 g/mol. The molecule has 1 amide bonds. The van der Waals surface area contributed by atoms with Crippen molar-refractivity contribution in [2.24, 2.45) is 0 Å². The van der Waals surface area contributed by atoms with E-state index in [0.717, 1.165) is 5.56 Å². The molecule has 8 nitrogen and oxygen atoms in total. The van der Waals surface area contributed by atoms with Gasteiger partial charge >= 0.3 is 6.18 Å². The van der Waals surface area contributed by atoms with Gasteiger partial charge in [-0.1, -0.05) is 6.07 Å². The molecule has 0 saturated carbocycles. The molecule has 0 radical (unpaired) electrons. The Hall–Kier alpha value is -3.34. The number of carbonyl (C=O) groups excluding carboxylic acids is 1. The summed E-state index contributed by atoms with van der Waals surface area (Å²) in [6, 6.07) is 7.60. The Morgan fingerprint density at radius 3 is 2.79 bits per heavy atom. The van der Waals surface area contributed by atoms with Crippen LogP contribution in [-0.2, 0) is 0 Å². The van der Waals surface area contributed by atoms with Crippen LogP contribution in [0.25, 0.3) is 5.65 Å². The predicted molar refractivity (Wildman–Crippen MR) is 98.4 cm³/mol. The van der Waals surface area contributed by atoms with Crippen molar-refractivity contribution in [3.8, 4) is 5.75 Å². The van der Waals surface area contributed by atoms with Gasteiger partial charge in [0.15, 0.2) is 12.3 Å². The zero-order valence-electron chi connectivity index (χ0n) is 15.3. The number of nitrogens with zero attached hydrogens (tertiary/aromatic N) is 3. The summed E-state index contributed by atoms with van der Waals surface area (Å²) in [4.78, 5) is 16.3. The van der Waals surface area contributed by atoms with E-state index >= 15 is 0 Å². The quantitative estimate of drug-likeness (QED) is 0.554. The van der Waals surface area contributed by atoms with Gasteiger partial charge in [-0.25, -0.2) is 4.52 Å². The van der Waals surface area contributed by atoms with Crippen molar-refractivity contribution in [1.82, 2.24) is 19.9 Å². The van der Waals surface area contributed by atoms with Gasteiger partial charge < -0.3 is 20.5 Å². The average Bonchev–Trinajstić information content (AvgIpc) is 3.06. The van der Waals surface area contributed by atoms with Gasteiger partial charge in [0, 0.05) is 18.3 Å². The summed E-state index contributed by atoms with van der Waals surface area (Å²) < 4.78 is 44.3. The van der Waals surface area contributed by atoms with Crippen LogP contribution in [0.4, 0.5) is 24.8 Å². The Kier molecular flexibility index (Phi) is 5.87. The van der Waals surface area contributed by atoms with E-state index in [0.29, 0.717) is 5.65 Å². The number of fused-ring (bicyclic) bond motifs is 1. The number of rotatable bonds is 7. The zero-order chi connectivity index (χ0) is 21.0. The molecule has 3 N–H and O–H groups in total. The number of aliphatic hydroxyl groups is 1. The van der Waals surface area contributed by atoms with Crippen LogP contribution in [0.1, 0.15) is 15.9 Å². The van der Waals surface area contributed by atoms with Gasteiger partial charge in [-0.05, 0) is 36.8 Å². The van der Waals surface area contributed by atoms with Gasteiger partial charge in [0.05, 0.1) is 12.3 Å². The molecule has 0 spiro atoms. The molecule has 0 bridgehead atoms. The highest BCUT2D eigenvalue weighted by molar-refractivity contribution is 5.95.